The Hall–Kier alpha value is 0.180. The second-order valence-electron chi connectivity index (χ2n) is 2.83. The van der Waals surface area contributed by atoms with Crippen molar-refractivity contribution in [3.8, 4) is 0 Å². The number of hydrogen-bond donors (Lipinski definition) is 0. The Bertz CT molecular complexity index is 104. The molecule has 0 aromatic heterocycles. The first-order valence-corrected chi connectivity index (χ1v) is 5.06. The lowest BCUT2D eigenvalue weighted by molar-refractivity contribution is 0.0985. The van der Waals surface area contributed by atoms with Crippen LogP contribution in [0.15, 0.2) is 12.7 Å². The van der Waals surface area contributed by atoms with Crippen LogP contribution in [-0.2, 0) is 4.74 Å². The van der Waals surface area contributed by atoms with Gasteiger partial charge < -0.3 is 4.74 Å². The zero-order chi connectivity index (χ0) is 8.69. The number of allylic oxidation sites excluding steroid dienone is 1. The van der Waals surface area contributed by atoms with Gasteiger partial charge >= 0.3 is 0 Å². The smallest absolute Gasteiger partial charge is 0.0546 e. The number of methoxy groups -OCH3 is 1. The van der Waals surface area contributed by atoms with E-state index in [1.165, 1.54) is 0 Å². The zero-order valence-electron chi connectivity index (χ0n) is 7.35. The van der Waals surface area contributed by atoms with Crippen LogP contribution in [0.25, 0.3) is 0 Å². The molecule has 0 bridgehead atoms. The maximum absolute atomic E-state index is 5.17. The fourth-order valence-electron chi connectivity index (χ4n) is 1.02. The van der Waals surface area contributed by atoms with Crippen LogP contribution in [0.5, 0.6) is 0 Å². The quantitative estimate of drug-likeness (QED) is 0.495. The Balaban J connectivity index is 3.57. The molecule has 0 aromatic carbocycles. The first kappa shape index (κ1) is 11.2. The molecule has 0 saturated heterocycles. The molecular weight excluding hydrogens is 204 g/mol. The first-order valence-electron chi connectivity index (χ1n) is 3.94. The summed E-state index contributed by atoms with van der Waals surface area (Å²) in [5, 5.41) is 1.03. The Morgan fingerprint density at radius 3 is 2.64 bits per heavy atom. The van der Waals surface area contributed by atoms with Crippen LogP contribution in [-0.4, -0.2) is 18.5 Å². The predicted molar refractivity (Wildman–Crippen MR) is 53.2 cm³/mol. The van der Waals surface area contributed by atoms with Gasteiger partial charge in [0.1, 0.15) is 0 Å². The van der Waals surface area contributed by atoms with Gasteiger partial charge in [0.25, 0.3) is 0 Å². The lowest BCUT2D eigenvalue weighted by Gasteiger charge is -2.15. The van der Waals surface area contributed by atoms with Gasteiger partial charge in [0, 0.05) is 12.4 Å². The van der Waals surface area contributed by atoms with E-state index in [1.54, 1.807) is 7.11 Å². The summed E-state index contributed by atoms with van der Waals surface area (Å²) < 4.78 is 5.17. The molecule has 0 radical (unpaired) electrons. The summed E-state index contributed by atoms with van der Waals surface area (Å²) >= 11 is 3.47. The van der Waals surface area contributed by atoms with Crippen molar-refractivity contribution >= 4 is 15.9 Å². The molecule has 0 aliphatic carbocycles. The lowest BCUT2D eigenvalue weighted by atomic mass is 10.0. The summed E-state index contributed by atoms with van der Waals surface area (Å²) in [5.74, 6) is 0.669. The van der Waals surface area contributed by atoms with Gasteiger partial charge in [-0.25, -0.2) is 0 Å². The highest BCUT2D eigenvalue weighted by atomic mass is 79.9. The normalized spacial score (nSPS) is 15.9. The van der Waals surface area contributed by atoms with E-state index < -0.39 is 0 Å². The van der Waals surface area contributed by atoms with E-state index in [-0.39, 0.29) is 0 Å². The summed E-state index contributed by atoms with van der Waals surface area (Å²) in [4.78, 5) is 0. The van der Waals surface area contributed by atoms with Crippen LogP contribution in [0.1, 0.15) is 19.8 Å². The average Bonchev–Trinajstić information content (AvgIpc) is 2.03. The summed E-state index contributed by atoms with van der Waals surface area (Å²) in [7, 11) is 1.75. The molecule has 0 heterocycles. The summed E-state index contributed by atoms with van der Waals surface area (Å²) in [6, 6.07) is 0. The van der Waals surface area contributed by atoms with Crippen molar-refractivity contribution in [2.24, 2.45) is 5.92 Å². The van der Waals surface area contributed by atoms with Gasteiger partial charge in [-0.1, -0.05) is 22.0 Å². The highest BCUT2D eigenvalue weighted by molar-refractivity contribution is 9.09. The van der Waals surface area contributed by atoms with E-state index in [0.717, 1.165) is 18.2 Å². The minimum atomic E-state index is 0.359. The number of alkyl halides is 1. The van der Waals surface area contributed by atoms with Crippen molar-refractivity contribution in [3.05, 3.63) is 12.7 Å². The molecule has 0 N–H and O–H groups in total. The number of hydrogen-bond acceptors (Lipinski definition) is 1. The third kappa shape index (κ3) is 5.45. The maximum atomic E-state index is 5.17. The minimum Gasteiger partial charge on any atom is -0.382 e. The number of ether oxygens (including phenoxy) is 1. The molecule has 0 aromatic rings. The molecule has 0 saturated carbocycles. The van der Waals surface area contributed by atoms with Crippen LogP contribution < -0.4 is 0 Å². The monoisotopic (exact) mass is 220 g/mol. The fraction of sp³-hybridized carbons (Fsp3) is 0.778. The second-order valence-corrected chi connectivity index (χ2v) is 3.47. The van der Waals surface area contributed by atoms with Crippen molar-refractivity contribution < 1.29 is 4.74 Å². The van der Waals surface area contributed by atoms with Crippen molar-refractivity contribution in [2.45, 2.75) is 25.9 Å². The molecule has 1 nitrogen and oxygen atoms in total. The Labute approximate surface area is 78.0 Å². The van der Waals surface area contributed by atoms with Crippen molar-refractivity contribution in [3.63, 3.8) is 0 Å². The highest BCUT2D eigenvalue weighted by Crippen LogP contribution is 2.15. The highest BCUT2D eigenvalue weighted by Gasteiger charge is 2.09. The van der Waals surface area contributed by atoms with Crippen LogP contribution in [0.3, 0.4) is 0 Å². The predicted octanol–water partition coefficient (Wildman–Crippen LogP) is 3.00. The largest absolute Gasteiger partial charge is 0.382 e. The van der Waals surface area contributed by atoms with Gasteiger partial charge in [0.05, 0.1) is 6.10 Å². The Morgan fingerprint density at radius 2 is 2.27 bits per heavy atom. The van der Waals surface area contributed by atoms with E-state index >= 15 is 0 Å². The second kappa shape index (κ2) is 6.86. The van der Waals surface area contributed by atoms with Gasteiger partial charge in [0.15, 0.2) is 0 Å². The SMILES string of the molecule is C=CCC(CBr)CC(C)OC. The maximum Gasteiger partial charge on any atom is 0.0546 e. The van der Waals surface area contributed by atoms with Crippen LogP contribution in [0.4, 0.5) is 0 Å². The van der Waals surface area contributed by atoms with Crippen molar-refractivity contribution in [1.29, 1.82) is 0 Å². The molecule has 0 rings (SSSR count). The molecule has 0 aliphatic heterocycles. The molecule has 11 heavy (non-hydrogen) atoms. The molecule has 2 atom stereocenters. The fourth-order valence-corrected chi connectivity index (χ4v) is 1.55. The summed E-state index contributed by atoms with van der Waals surface area (Å²) in [6.45, 7) is 5.82. The standard InChI is InChI=1S/C9H17BrO/c1-4-5-9(7-10)6-8(2)11-3/h4,8-9H,1,5-7H2,2-3H3. The topological polar surface area (TPSA) is 9.23 Å². The Morgan fingerprint density at radius 1 is 1.64 bits per heavy atom. The lowest BCUT2D eigenvalue weighted by Crippen LogP contribution is -2.13. The van der Waals surface area contributed by atoms with Gasteiger partial charge in [-0.15, -0.1) is 6.58 Å². The molecule has 66 valence electrons. The van der Waals surface area contributed by atoms with Gasteiger partial charge in [-0.2, -0.15) is 0 Å². The van der Waals surface area contributed by atoms with E-state index in [4.69, 9.17) is 4.74 Å². The van der Waals surface area contributed by atoms with E-state index in [2.05, 4.69) is 29.4 Å². The average molecular weight is 221 g/mol. The molecule has 0 amide bonds. The van der Waals surface area contributed by atoms with Gasteiger partial charge in [0.2, 0.25) is 0 Å². The van der Waals surface area contributed by atoms with E-state index in [0.29, 0.717) is 12.0 Å². The molecule has 2 heteroatoms. The molecule has 0 spiro atoms. The molecule has 2 unspecified atom stereocenters. The number of rotatable bonds is 6. The molecular formula is C9H17BrO. The van der Waals surface area contributed by atoms with E-state index in [1.807, 2.05) is 6.08 Å². The Kier molecular flexibility index (Phi) is 6.98. The first-order chi connectivity index (χ1) is 5.24. The third-order valence-electron chi connectivity index (χ3n) is 1.79. The van der Waals surface area contributed by atoms with E-state index in [9.17, 15) is 0 Å². The van der Waals surface area contributed by atoms with Crippen LogP contribution in [0.2, 0.25) is 0 Å². The summed E-state index contributed by atoms with van der Waals surface area (Å²) in [6.07, 6.45) is 4.50. The summed E-state index contributed by atoms with van der Waals surface area (Å²) in [5.41, 5.74) is 0. The number of halogens is 1. The van der Waals surface area contributed by atoms with Crippen molar-refractivity contribution in [1.82, 2.24) is 0 Å². The van der Waals surface area contributed by atoms with Gasteiger partial charge in [-0.05, 0) is 25.7 Å². The minimum absolute atomic E-state index is 0.359. The third-order valence-corrected chi connectivity index (χ3v) is 2.70. The molecule has 0 aliphatic rings. The van der Waals surface area contributed by atoms with Gasteiger partial charge in [-0.3, -0.25) is 0 Å². The van der Waals surface area contributed by atoms with Crippen LogP contribution >= 0.6 is 15.9 Å². The van der Waals surface area contributed by atoms with Crippen molar-refractivity contribution in [2.75, 3.05) is 12.4 Å². The van der Waals surface area contributed by atoms with Crippen LogP contribution in [0, 0.1) is 5.92 Å². The zero-order valence-corrected chi connectivity index (χ0v) is 8.93. The molecule has 0 fully saturated rings.